The van der Waals surface area contributed by atoms with Gasteiger partial charge in [0.25, 0.3) is 11.7 Å². The number of aromatic hydroxyl groups is 1. The topological polar surface area (TPSA) is 216 Å². The fourth-order valence-corrected chi connectivity index (χ4v) is 9.53. The normalized spacial score (nSPS) is 29.7. The van der Waals surface area contributed by atoms with Gasteiger partial charge in [-0.05, 0) is 58.0 Å². The molecule has 1 fully saturated rings. The summed E-state index contributed by atoms with van der Waals surface area (Å²) in [5, 5.41) is 37.2. The Bertz CT molecular complexity index is 2650. The fourth-order valence-electron chi connectivity index (χ4n) is 9.53. The highest BCUT2D eigenvalue weighted by atomic mass is 16.7. The van der Waals surface area contributed by atoms with Crippen LogP contribution in [0, 0.1) is 30.6 Å². The number of esters is 1. The highest BCUT2D eigenvalue weighted by molar-refractivity contribution is 6.22. The summed E-state index contributed by atoms with van der Waals surface area (Å²) in [7, 11) is 1.45. The van der Waals surface area contributed by atoms with Crippen molar-refractivity contribution in [3.8, 4) is 28.7 Å². The van der Waals surface area contributed by atoms with Crippen LogP contribution >= 0.6 is 0 Å². The molecule has 0 saturated carbocycles. The lowest BCUT2D eigenvalue weighted by molar-refractivity contribution is -0.160. The third-order valence-corrected chi connectivity index (χ3v) is 13.7. The number of allylic oxidation sites excluding steroid dienone is 2. The van der Waals surface area contributed by atoms with Gasteiger partial charge in [-0.25, -0.2) is 4.98 Å². The maximum atomic E-state index is 14.8. The quantitative estimate of drug-likeness (QED) is 0.0854. The summed E-state index contributed by atoms with van der Waals surface area (Å²) in [6, 6.07) is 5.09. The zero-order valence-corrected chi connectivity index (χ0v) is 39.7. The number of fused-ring (bicyclic) bond motifs is 2. The fraction of sp³-hybridized carbons (Fsp3) is 0.510. The number of Topliss-reactive ketones (excluding diaryl/α,β-unsaturated/α-hetero) is 1. The third-order valence-electron chi connectivity index (χ3n) is 13.7. The van der Waals surface area contributed by atoms with Crippen LogP contribution in [0.2, 0.25) is 0 Å². The highest BCUT2D eigenvalue weighted by Gasteiger charge is 2.50. The van der Waals surface area contributed by atoms with Gasteiger partial charge in [0.1, 0.15) is 46.9 Å². The SMILES string of the molecule is CO[C@H]1/C=C/O[C@@]2(C)Oc3c(C)c(O)c4c(=O)c(c5oc6cc(OCCN7CCCCCC7)ccc6nc-5c4c3C2=O)NC(=O)/C(C)=C\C=C\[C@H](C)[C@H](O)[C@@H](C)[C@@H](O)[C@@H](C)[C@H](OC(C)=O)[C@@H]1C. The molecule has 9 atom stereocenters. The first-order chi connectivity index (χ1) is 31.9. The van der Waals surface area contributed by atoms with E-state index in [2.05, 4.69) is 10.2 Å². The largest absolute Gasteiger partial charge is 0.507 e. The van der Waals surface area contributed by atoms with Crippen LogP contribution in [0.25, 0.3) is 33.3 Å². The van der Waals surface area contributed by atoms with E-state index in [0.717, 1.165) is 32.5 Å². The molecule has 4 bridgehead atoms. The van der Waals surface area contributed by atoms with Gasteiger partial charge in [0, 0.05) is 73.8 Å². The molecule has 2 aromatic carbocycles. The monoisotopic (exact) mass is 925 g/mol. The Kier molecular flexibility index (Phi) is 14.8. The van der Waals surface area contributed by atoms with E-state index in [4.69, 9.17) is 33.1 Å². The number of carbonyl (C=O) groups excluding carboxylic acids is 3. The number of aliphatic hydroxyl groups excluding tert-OH is 2. The number of hydrogen-bond donors (Lipinski definition) is 4. The second-order valence-corrected chi connectivity index (χ2v) is 18.5. The minimum Gasteiger partial charge on any atom is -0.507 e. The van der Waals surface area contributed by atoms with E-state index in [1.165, 1.54) is 66.1 Å². The summed E-state index contributed by atoms with van der Waals surface area (Å²) in [6.07, 6.45) is 8.39. The summed E-state index contributed by atoms with van der Waals surface area (Å²) in [6.45, 7) is 15.9. The number of carbonyl (C=O) groups is 3. The number of ketones is 1. The van der Waals surface area contributed by atoms with E-state index in [9.17, 15) is 34.5 Å². The second-order valence-electron chi connectivity index (χ2n) is 18.5. The van der Waals surface area contributed by atoms with E-state index in [-0.39, 0.29) is 55.9 Å². The first-order valence-electron chi connectivity index (χ1n) is 23.1. The zero-order valence-electron chi connectivity index (χ0n) is 39.7. The standard InChI is InChI=1S/C51H63N3O13/c1-26-15-14-16-27(2)50(61)53-41-45(59)38-37(40-48(41)66-36-25-33(17-18-34(36)52-40)63-24-22-54-20-12-10-11-13-21-54)39-47(31(6)44(38)58)67-51(8,49(39)60)64-23-19-35(62-9)28(3)46(65-32(7)55)30(5)43(57)29(4)42(26)56/h14-19,23,25-26,28-30,35,42-43,46,56-58H,10-13,20-22,24H2,1-9H3,(H,53,61)/b15-14+,23-19+,27-16-/t26-,28+,29+,30+,35-,42-,43+,46+,51-/m0/s1. The van der Waals surface area contributed by atoms with E-state index >= 15 is 0 Å². The van der Waals surface area contributed by atoms with Gasteiger partial charge in [0.15, 0.2) is 11.3 Å². The zero-order chi connectivity index (χ0) is 48.5. The van der Waals surface area contributed by atoms with Crippen molar-refractivity contribution in [2.75, 3.05) is 38.7 Å². The van der Waals surface area contributed by atoms with Crippen LogP contribution < -0.4 is 20.2 Å². The van der Waals surface area contributed by atoms with Crippen LogP contribution in [0.1, 0.15) is 90.1 Å². The van der Waals surface area contributed by atoms with Gasteiger partial charge in [-0.2, -0.15) is 0 Å². The number of phenolic OH excluding ortho intramolecular Hbond substituents is 1. The number of rotatable bonds is 6. The Morgan fingerprint density at radius 1 is 0.970 bits per heavy atom. The number of nitrogens with zero attached hydrogens (tertiary/aromatic N) is 2. The van der Waals surface area contributed by atoms with Gasteiger partial charge in [-0.15, -0.1) is 0 Å². The number of aliphatic hydroxyl groups is 2. The molecule has 16 nitrogen and oxygen atoms in total. The van der Waals surface area contributed by atoms with E-state index in [0.29, 0.717) is 17.9 Å². The molecule has 4 N–H and O–H groups in total. The molecule has 4 aliphatic heterocycles. The van der Waals surface area contributed by atoms with Crippen LogP contribution in [-0.2, 0) is 23.8 Å². The molecule has 0 aromatic heterocycles. The van der Waals surface area contributed by atoms with Crippen molar-refractivity contribution in [3.05, 3.63) is 75.7 Å². The molecule has 5 aliphatic rings. The van der Waals surface area contributed by atoms with Crippen LogP contribution in [0.15, 0.2) is 63.6 Å². The van der Waals surface area contributed by atoms with Gasteiger partial charge >= 0.3 is 11.8 Å². The van der Waals surface area contributed by atoms with Crippen LogP contribution in [0.5, 0.6) is 17.2 Å². The van der Waals surface area contributed by atoms with Crippen LogP contribution in [0.3, 0.4) is 0 Å². The molecule has 1 amide bonds. The molecule has 2 aromatic rings. The van der Waals surface area contributed by atoms with Crippen LogP contribution in [-0.4, -0.2) is 106 Å². The Balaban J connectivity index is 1.38. The number of methoxy groups -OCH3 is 1. The van der Waals surface area contributed by atoms with Crippen molar-refractivity contribution >= 4 is 45.2 Å². The second kappa shape index (κ2) is 20.2. The molecule has 4 heterocycles. The Morgan fingerprint density at radius 3 is 2.37 bits per heavy atom. The molecule has 0 unspecified atom stereocenters. The number of phenols is 1. The molecule has 1 saturated heterocycles. The first kappa shape index (κ1) is 49.1. The molecule has 7 rings (SSSR count). The summed E-state index contributed by atoms with van der Waals surface area (Å²) in [5.74, 6) is -6.71. The summed E-state index contributed by atoms with van der Waals surface area (Å²) >= 11 is 0. The maximum Gasteiger partial charge on any atom is 0.312 e. The van der Waals surface area contributed by atoms with Crippen molar-refractivity contribution in [1.82, 2.24) is 9.88 Å². The van der Waals surface area contributed by atoms with Gasteiger partial charge in [-0.1, -0.05) is 58.8 Å². The average Bonchev–Trinajstić information content (AvgIpc) is 3.42. The molecule has 360 valence electrons. The number of aromatic nitrogens is 1. The lowest BCUT2D eigenvalue weighted by Gasteiger charge is -2.38. The number of nitrogens with one attached hydrogen (secondary N) is 1. The summed E-state index contributed by atoms with van der Waals surface area (Å²) < 4.78 is 36.6. The number of anilines is 1. The molecule has 67 heavy (non-hydrogen) atoms. The van der Waals surface area contributed by atoms with E-state index in [1.54, 1.807) is 58.0 Å². The van der Waals surface area contributed by atoms with Crippen LogP contribution in [0.4, 0.5) is 5.69 Å². The number of amides is 1. The minimum absolute atomic E-state index is 0.00969. The van der Waals surface area contributed by atoms with E-state index < -0.39 is 82.7 Å². The minimum atomic E-state index is -2.04. The predicted molar refractivity (Wildman–Crippen MR) is 251 cm³/mol. The van der Waals surface area contributed by atoms with Crippen molar-refractivity contribution in [2.45, 2.75) is 111 Å². The third kappa shape index (κ3) is 9.80. The van der Waals surface area contributed by atoms with Gasteiger partial charge in [0.2, 0.25) is 5.43 Å². The lowest BCUT2D eigenvalue weighted by Crippen LogP contribution is -2.46. The molecule has 0 spiro atoms. The Morgan fingerprint density at radius 2 is 1.69 bits per heavy atom. The molecule has 1 aliphatic carbocycles. The number of benzene rings is 3. The summed E-state index contributed by atoms with van der Waals surface area (Å²) in [5.41, 5.74) is -0.469. The summed E-state index contributed by atoms with van der Waals surface area (Å²) in [4.78, 5) is 63.3. The first-order valence-corrected chi connectivity index (χ1v) is 23.1. The molecular formula is C51H63N3O13. The predicted octanol–water partition coefficient (Wildman–Crippen LogP) is 7.20. The molecule has 16 heteroatoms. The van der Waals surface area contributed by atoms with Gasteiger partial charge in [0.05, 0.1) is 35.5 Å². The smallest absolute Gasteiger partial charge is 0.312 e. The average molecular weight is 926 g/mol. The van der Waals surface area contributed by atoms with Crippen molar-refractivity contribution in [3.63, 3.8) is 0 Å². The maximum absolute atomic E-state index is 14.8. The van der Waals surface area contributed by atoms with Crippen molar-refractivity contribution in [2.24, 2.45) is 23.7 Å². The Labute approximate surface area is 389 Å². The van der Waals surface area contributed by atoms with E-state index in [1.807, 2.05) is 0 Å². The van der Waals surface area contributed by atoms with Gasteiger partial charge < -0.3 is 48.7 Å². The number of hydrogen-bond acceptors (Lipinski definition) is 15. The van der Waals surface area contributed by atoms with Crippen molar-refractivity contribution < 1.29 is 57.8 Å². The van der Waals surface area contributed by atoms with Crippen molar-refractivity contribution in [1.29, 1.82) is 0 Å². The molecular weight excluding hydrogens is 863 g/mol. The number of ether oxygens (including phenoxy) is 5. The lowest BCUT2D eigenvalue weighted by atomic mass is 9.78. The van der Waals surface area contributed by atoms with Gasteiger partial charge in [-0.3, -0.25) is 24.1 Å². The highest BCUT2D eigenvalue weighted by Crippen LogP contribution is 2.50. The Hall–Kier alpha value is -5.81. The number of likely N-dealkylation sites (tertiary alicyclic amines) is 1. The molecule has 0 radical (unpaired) electrons.